The van der Waals surface area contributed by atoms with Gasteiger partial charge in [-0.1, -0.05) is 42.5 Å². The van der Waals surface area contributed by atoms with Crippen LogP contribution < -0.4 is 0 Å². The van der Waals surface area contributed by atoms with Crippen LogP contribution >= 0.6 is 0 Å². The molecule has 0 aliphatic heterocycles. The number of carbonyl (C=O) groups excluding carboxylic acids is 3. The smallest absolute Gasteiger partial charge is 0.338 e. The first-order chi connectivity index (χ1) is 19.6. The maximum atomic E-state index is 13.6. The van der Waals surface area contributed by atoms with Gasteiger partial charge >= 0.3 is 17.9 Å². The predicted molar refractivity (Wildman–Crippen MR) is 147 cm³/mol. The first kappa shape index (κ1) is 27.2. The van der Waals surface area contributed by atoms with Crippen LogP contribution in [0.4, 0.5) is 5.69 Å². The third kappa shape index (κ3) is 3.50. The molecule has 0 saturated heterocycles. The number of ether oxygens (including phenoxy) is 3. The minimum Gasteiger partial charge on any atom is -0.465 e. The van der Waals surface area contributed by atoms with Gasteiger partial charge in [0, 0.05) is 28.9 Å². The predicted octanol–water partition coefficient (Wildman–Crippen LogP) is 5.32. The lowest BCUT2D eigenvalue weighted by atomic mass is 9.72. The molecular weight excluding hydrogens is 526 g/mol. The molecule has 41 heavy (non-hydrogen) atoms. The van der Waals surface area contributed by atoms with Crippen molar-refractivity contribution in [2.24, 2.45) is 22.2 Å². The number of carbonyl (C=O) groups is 3. The highest BCUT2D eigenvalue weighted by atomic mass is 16.6. The van der Waals surface area contributed by atoms with Crippen molar-refractivity contribution in [3.8, 4) is 0 Å². The summed E-state index contributed by atoms with van der Waals surface area (Å²) in [7, 11) is 0. The van der Waals surface area contributed by atoms with E-state index in [-0.39, 0.29) is 47.6 Å². The molecular formula is C32H33NO8. The van der Waals surface area contributed by atoms with E-state index in [9.17, 15) is 24.5 Å². The van der Waals surface area contributed by atoms with Crippen LogP contribution in [0.3, 0.4) is 0 Å². The molecule has 5 atom stereocenters. The third-order valence-electron chi connectivity index (χ3n) is 10.1. The Kier molecular flexibility index (Phi) is 5.96. The van der Waals surface area contributed by atoms with Crippen molar-refractivity contribution in [1.82, 2.24) is 0 Å². The van der Waals surface area contributed by atoms with Gasteiger partial charge in [0.2, 0.25) is 0 Å². The summed E-state index contributed by atoms with van der Waals surface area (Å²) in [5.41, 5.74) is -2.39. The van der Waals surface area contributed by atoms with Gasteiger partial charge in [-0.25, -0.2) is 4.79 Å². The van der Waals surface area contributed by atoms with Crippen LogP contribution in [-0.4, -0.2) is 41.6 Å². The fourth-order valence-corrected chi connectivity index (χ4v) is 8.61. The molecule has 214 valence electrons. The average molecular weight is 560 g/mol. The molecule has 0 amide bonds. The molecule has 3 fully saturated rings. The van der Waals surface area contributed by atoms with Crippen LogP contribution in [0.2, 0.25) is 0 Å². The number of non-ortho nitro benzene ring substituents is 1. The number of nitro benzene ring substituents is 1. The molecule has 2 aromatic carbocycles. The van der Waals surface area contributed by atoms with E-state index in [0.29, 0.717) is 12.8 Å². The van der Waals surface area contributed by atoms with Gasteiger partial charge in [-0.05, 0) is 69.6 Å². The van der Waals surface area contributed by atoms with Gasteiger partial charge < -0.3 is 14.2 Å². The van der Waals surface area contributed by atoms with Gasteiger partial charge in [0.15, 0.2) is 5.41 Å². The molecule has 0 N–H and O–H groups in total. The molecule has 9 nitrogen and oxygen atoms in total. The number of hydrogen-bond acceptors (Lipinski definition) is 8. The van der Waals surface area contributed by atoms with Crippen molar-refractivity contribution in [2.45, 2.75) is 57.5 Å². The van der Waals surface area contributed by atoms with Crippen molar-refractivity contribution in [3.63, 3.8) is 0 Å². The molecule has 0 radical (unpaired) electrons. The Morgan fingerprint density at radius 1 is 0.976 bits per heavy atom. The number of hydrogen-bond donors (Lipinski definition) is 0. The number of nitro groups is 1. The monoisotopic (exact) mass is 559 g/mol. The van der Waals surface area contributed by atoms with Crippen molar-refractivity contribution in [2.75, 3.05) is 13.2 Å². The van der Waals surface area contributed by atoms with Gasteiger partial charge in [0.25, 0.3) is 5.69 Å². The topological polar surface area (TPSA) is 122 Å². The largest absolute Gasteiger partial charge is 0.465 e. The molecule has 3 saturated carbocycles. The zero-order valence-corrected chi connectivity index (χ0v) is 23.4. The maximum Gasteiger partial charge on any atom is 0.338 e. The summed E-state index contributed by atoms with van der Waals surface area (Å²) in [6, 6.07) is 15.5. The molecule has 4 aliphatic carbocycles. The molecule has 9 heteroatoms. The highest BCUT2D eigenvalue weighted by Crippen LogP contribution is 2.96. The number of rotatable bonds is 10. The van der Waals surface area contributed by atoms with Crippen molar-refractivity contribution >= 4 is 23.6 Å². The molecule has 0 bridgehead atoms. The second-order valence-electron chi connectivity index (χ2n) is 12.1. The zero-order valence-electron chi connectivity index (χ0n) is 23.4. The van der Waals surface area contributed by atoms with Gasteiger partial charge in [-0.15, -0.1) is 0 Å². The summed E-state index contributed by atoms with van der Waals surface area (Å²) >= 11 is 0. The van der Waals surface area contributed by atoms with Crippen molar-refractivity contribution < 1.29 is 33.5 Å². The molecule has 4 aliphatic rings. The lowest BCUT2D eigenvalue weighted by molar-refractivity contribution is -0.384. The fraction of sp³-hybridized carbons (Fsp3) is 0.469. The number of benzene rings is 2. The summed E-state index contributed by atoms with van der Waals surface area (Å²) in [6.07, 6.45) is 6.54. The van der Waals surface area contributed by atoms with Crippen LogP contribution in [-0.2, 0) is 29.2 Å². The summed E-state index contributed by atoms with van der Waals surface area (Å²) in [5, 5.41) is 11.1. The molecule has 1 spiro atoms. The van der Waals surface area contributed by atoms with E-state index in [0.717, 1.165) is 12.0 Å². The highest BCUT2D eigenvalue weighted by Gasteiger charge is 2.98. The number of nitrogens with zero attached hydrogens (tertiary/aromatic N) is 1. The Labute approximate surface area is 238 Å². The Bertz CT molecular complexity index is 1450. The lowest BCUT2D eigenvalue weighted by Crippen LogP contribution is -2.44. The first-order valence-electron chi connectivity index (χ1n) is 14.1. The highest BCUT2D eigenvalue weighted by molar-refractivity contribution is 6.00. The number of esters is 3. The maximum absolute atomic E-state index is 13.6. The van der Waals surface area contributed by atoms with Crippen molar-refractivity contribution in [3.05, 3.63) is 88.0 Å². The van der Waals surface area contributed by atoms with E-state index in [1.807, 2.05) is 18.2 Å². The van der Waals surface area contributed by atoms with E-state index in [4.69, 9.17) is 14.2 Å². The third-order valence-corrected chi connectivity index (χ3v) is 10.1. The van der Waals surface area contributed by atoms with Crippen molar-refractivity contribution in [1.29, 1.82) is 0 Å². The molecule has 2 aromatic rings. The van der Waals surface area contributed by atoms with Crippen LogP contribution in [0, 0.1) is 32.3 Å². The van der Waals surface area contributed by atoms with E-state index < -0.39 is 39.3 Å². The van der Waals surface area contributed by atoms with Gasteiger partial charge in [0.05, 0.1) is 23.7 Å². The summed E-state index contributed by atoms with van der Waals surface area (Å²) in [4.78, 5) is 50.8. The number of allylic oxidation sites excluding steroid dienone is 2. The van der Waals surface area contributed by atoms with E-state index in [1.54, 1.807) is 20.8 Å². The summed E-state index contributed by atoms with van der Waals surface area (Å²) < 4.78 is 17.2. The fourth-order valence-electron chi connectivity index (χ4n) is 8.61. The summed E-state index contributed by atoms with van der Waals surface area (Å²) in [5.74, 6) is -1.91. The quantitative estimate of drug-likeness (QED) is 0.0957. The SMILES string of the molecule is CCOC(=O)C(C)(C[C@@]12CC34CC=C[C@]3(c3ccccc3)[C@H]4[C@]1(OC(=O)c1ccc([N+](=O)[O-])cc1)C2)C(=O)OCC. The van der Waals surface area contributed by atoms with Crippen LogP contribution in [0.5, 0.6) is 0 Å². The first-order valence-corrected chi connectivity index (χ1v) is 14.1. The van der Waals surface area contributed by atoms with Crippen LogP contribution in [0.1, 0.15) is 62.4 Å². The summed E-state index contributed by atoms with van der Waals surface area (Å²) in [6.45, 7) is 5.19. The molecule has 1 unspecified atom stereocenters. The Morgan fingerprint density at radius 2 is 1.61 bits per heavy atom. The van der Waals surface area contributed by atoms with E-state index in [1.165, 1.54) is 24.3 Å². The Morgan fingerprint density at radius 3 is 2.20 bits per heavy atom. The van der Waals surface area contributed by atoms with Crippen LogP contribution in [0.25, 0.3) is 0 Å². The minimum absolute atomic E-state index is 0.0365. The van der Waals surface area contributed by atoms with Gasteiger partial charge in [-0.2, -0.15) is 0 Å². The average Bonchev–Trinajstić information content (AvgIpc) is 3.65. The minimum atomic E-state index is -1.57. The van der Waals surface area contributed by atoms with Gasteiger partial charge in [0.1, 0.15) is 5.60 Å². The molecule has 0 heterocycles. The van der Waals surface area contributed by atoms with E-state index in [2.05, 4.69) is 24.3 Å². The second kappa shape index (κ2) is 8.99. The second-order valence-corrected chi connectivity index (χ2v) is 12.1. The molecule has 0 aromatic heterocycles. The zero-order chi connectivity index (χ0) is 29.3. The lowest BCUT2D eigenvalue weighted by Gasteiger charge is -2.34. The normalized spacial score (nSPS) is 31.8. The van der Waals surface area contributed by atoms with Gasteiger partial charge in [-0.3, -0.25) is 19.7 Å². The Balaban J connectivity index is 1.40. The Hall–Kier alpha value is -4.01. The number of fused-ring (bicyclic) bond motifs is 3. The molecule has 6 rings (SSSR count). The van der Waals surface area contributed by atoms with E-state index >= 15 is 0 Å². The standard InChI is InChI=1S/C32H33NO8/c1-4-39-26(35)28(3,27(36)40-5-2)18-29-19-30-16-9-17-31(30,22-10-7-6-8-11-22)25(30)32(29,20-29)41-24(34)21-12-14-23(15-13-21)33(37)38/h6-15,17,25H,4-5,16,18-20H2,1-3H3/t25-,29-,30?,31-,32+/m0/s1. The van der Waals surface area contributed by atoms with Crippen LogP contribution in [0.15, 0.2) is 66.7 Å².